The summed E-state index contributed by atoms with van der Waals surface area (Å²) in [6.07, 6.45) is 0. The number of rotatable bonds is 5. The molecule has 0 unspecified atom stereocenters. The summed E-state index contributed by atoms with van der Waals surface area (Å²) in [5, 5.41) is 8.91. The van der Waals surface area contributed by atoms with Crippen molar-refractivity contribution in [2.24, 2.45) is 0 Å². The molecule has 1 rings (SSSR count). The van der Waals surface area contributed by atoms with Crippen molar-refractivity contribution in [3.8, 4) is 11.5 Å². The van der Waals surface area contributed by atoms with Crippen LogP contribution in [0.4, 0.5) is 4.39 Å². The maximum atomic E-state index is 13.1. The molecule has 0 heterocycles. The van der Waals surface area contributed by atoms with Crippen molar-refractivity contribution in [3.63, 3.8) is 0 Å². The summed E-state index contributed by atoms with van der Waals surface area (Å²) < 4.78 is 23.4. The van der Waals surface area contributed by atoms with Crippen molar-refractivity contribution in [1.29, 1.82) is 0 Å². The van der Waals surface area contributed by atoms with Gasteiger partial charge in [-0.2, -0.15) is 0 Å². The highest BCUT2D eigenvalue weighted by Crippen LogP contribution is 2.32. The molecule has 1 aromatic rings. The fraction of sp³-hybridized carbons (Fsp3) is 0.364. The van der Waals surface area contributed by atoms with Crippen LogP contribution in [0.2, 0.25) is 0 Å². The first-order valence-electron chi connectivity index (χ1n) is 4.92. The van der Waals surface area contributed by atoms with Gasteiger partial charge < -0.3 is 14.6 Å². The summed E-state index contributed by atoms with van der Waals surface area (Å²) in [5.41, 5.74) is -0.231. The molecule has 0 spiro atoms. The Kier molecular flexibility index (Phi) is 4.10. The van der Waals surface area contributed by atoms with E-state index in [1.807, 2.05) is 0 Å². The zero-order chi connectivity index (χ0) is 12.1. The van der Waals surface area contributed by atoms with Gasteiger partial charge in [0, 0.05) is 6.07 Å². The molecule has 0 aliphatic carbocycles. The van der Waals surface area contributed by atoms with E-state index in [-0.39, 0.29) is 23.7 Å². The Balaban J connectivity index is 3.28. The van der Waals surface area contributed by atoms with Crippen LogP contribution in [0.5, 0.6) is 11.5 Å². The molecule has 0 atom stereocenters. The summed E-state index contributed by atoms with van der Waals surface area (Å²) in [7, 11) is 0. The Morgan fingerprint density at radius 2 is 1.94 bits per heavy atom. The van der Waals surface area contributed by atoms with Crippen LogP contribution in [-0.2, 0) is 0 Å². The van der Waals surface area contributed by atoms with Crippen LogP contribution in [0.1, 0.15) is 24.2 Å². The highest BCUT2D eigenvalue weighted by molar-refractivity contribution is 5.92. The van der Waals surface area contributed by atoms with Crippen molar-refractivity contribution in [2.45, 2.75) is 13.8 Å². The Morgan fingerprint density at radius 3 is 2.44 bits per heavy atom. The first-order valence-corrected chi connectivity index (χ1v) is 4.92. The fourth-order valence-electron chi connectivity index (χ4n) is 1.28. The van der Waals surface area contributed by atoms with Gasteiger partial charge in [0.2, 0.25) is 0 Å². The van der Waals surface area contributed by atoms with E-state index >= 15 is 0 Å². The lowest BCUT2D eigenvalue weighted by atomic mass is 10.2. The summed E-state index contributed by atoms with van der Waals surface area (Å²) in [5.74, 6) is -1.73. The van der Waals surface area contributed by atoms with Crippen LogP contribution in [0, 0.1) is 5.82 Å². The standard InChI is InChI=1S/C11H13FO4/c1-3-15-9-6-7(12)5-8(11(13)14)10(9)16-4-2/h5-6H,3-4H2,1-2H3,(H,13,14). The van der Waals surface area contributed by atoms with E-state index in [1.54, 1.807) is 13.8 Å². The number of hydrogen-bond acceptors (Lipinski definition) is 3. The average Bonchev–Trinajstić information content (AvgIpc) is 2.21. The number of carbonyl (C=O) groups is 1. The molecule has 0 bridgehead atoms. The molecule has 5 heteroatoms. The van der Waals surface area contributed by atoms with Crippen LogP contribution >= 0.6 is 0 Å². The summed E-state index contributed by atoms with van der Waals surface area (Å²) in [6, 6.07) is 2.02. The van der Waals surface area contributed by atoms with Crippen LogP contribution in [0.25, 0.3) is 0 Å². The molecule has 0 amide bonds. The zero-order valence-electron chi connectivity index (χ0n) is 9.12. The molecular weight excluding hydrogens is 215 g/mol. The summed E-state index contributed by atoms with van der Waals surface area (Å²) >= 11 is 0. The van der Waals surface area contributed by atoms with Crippen LogP contribution in [-0.4, -0.2) is 24.3 Å². The lowest BCUT2D eigenvalue weighted by Crippen LogP contribution is -2.06. The highest BCUT2D eigenvalue weighted by Gasteiger charge is 2.18. The third-order valence-electron chi connectivity index (χ3n) is 1.84. The molecule has 4 nitrogen and oxygen atoms in total. The normalized spacial score (nSPS) is 9.94. The van der Waals surface area contributed by atoms with Crippen LogP contribution in [0.3, 0.4) is 0 Å². The minimum absolute atomic E-state index is 0.0678. The number of carboxylic acids is 1. The maximum Gasteiger partial charge on any atom is 0.339 e. The molecule has 0 fully saturated rings. The van der Waals surface area contributed by atoms with Gasteiger partial charge in [-0.15, -0.1) is 0 Å². The summed E-state index contributed by atoms with van der Waals surface area (Å²) in [4.78, 5) is 10.9. The number of hydrogen-bond donors (Lipinski definition) is 1. The SMILES string of the molecule is CCOc1cc(F)cc(C(=O)O)c1OCC. The van der Waals surface area contributed by atoms with Crippen molar-refractivity contribution in [3.05, 3.63) is 23.5 Å². The third kappa shape index (κ3) is 2.62. The van der Waals surface area contributed by atoms with Crippen molar-refractivity contribution < 1.29 is 23.8 Å². The topological polar surface area (TPSA) is 55.8 Å². The van der Waals surface area contributed by atoms with Crippen molar-refractivity contribution in [1.82, 2.24) is 0 Å². The molecule has 0 saturated carbocycles. The lowest BCUT2D eigenvalue weighted by Gasteiger charge is -2.13. The molecule has 0 aliphatic rings. The molecule has 0 saturated heterocycles. The number of benzene rings is 1. The minimum Gasteiger partial charge on any atom is -0.490 e. The van der Waals surface area contributed by atoms with Gasteiger partial charge in [0.1, 0.15) is 11.4 Å². The monoisotopic (exact) mass is 228 g/mol. The van der Waals surface area contributed by atoms with Gasteiger partial charge in [0.25, 0.3) is 0 Å². The minimum atomic E-state index is -1.25. The van der Waals surface area contributed by atoms with Gasteiger partial charge in [0.05, 0.1) is 13.2 Å². The second-order valence-electron chi connectivity index (χ2n) is 2.95. The van der Waals surface area contributed by atoms with Gasteiger partial charge >= 0.3 is 5.97 Å². The van der Waals surface area contributed by atoms with Gasteiger partial charge in [-0.25, -0.2) is 9.18 Å². The molecule has 0 aromatic heterocycles. The maximum absolute atomic E-state index is 13.1. The largest absolute Gasteiger partial charge is 0.490 e. The van der Waals surface area contributed by atoms with Crippen LogP contribution < -0.4 is 9.47 Å². The average molecular weight is 228 g/mol. The molecule has 1 aromatic carbocycles. The van der Waals surface area contributed by atoms with E-state index in [0.717, 1.165) is 12.1 Å². The van der Waals surface area contributed by atoms with E-state index in [4.69, 9.17) is 14.6 Å². The van der Waals surface area contributed by atoms with Gasteiger partial charge in [0.15, 0.2) is 11.5 Å². The zero-order valence-corrected chi connectivity index (χ0v) is 9.12. The van der Waals surface area contributed by atoms with Crippen LogP contribution in [0.15, 0.2) is 12.1 Å². The Labute approximate surface area is 92.6 Å². The number of halogens is 1. The molecular formula is C11H13FO4. The van der Waals surface area contributed by atoms with E-state index < -0.39 is 11.8 Å². The predicted molar refractivity (Wildman–Crippen MR) is 55.7 cm³/mol. The van der Waals surface area contributed by atoms with Gasteiger partial charge in [-0.05, 0) is 19.9 Å². The Morgan fingerprint density at radius 1 is 1.31 bits per heavy atom. The molecule has 88 valence electrons. The van der Waals surface area contributed by atoms with Gasteiger partial charge in [-0.1, -0.05) is 0 Å². The van der Waals surface area contributed by atoms with E-state index in [9.17, 15) is 9.18 Å². The number of ether oxygens (including phenoxy) is 2. The second kappa shape index (κ2) is 5.34. The second-order valence-corrected chi connectivity index (χ2v) is 2.95. The smallest absolute Gasteiger partial charge is 0.339 e. The van der Waals surface area contributed by atoms with Gasteiger partial charge in [-0.3, -0.25) is 0 Å². The van der Waals surface area contributed by atoms with Crippen molar-refractivity contribution in [2.75, 3.05) is 13.2 Å². The van der Waals surface area contributed by atoms with Crippen molar-refractivity contribution >= 4 is 5.97 Å². The van der Waals surface area contributed by atoms with E-state index in [2.05, 4.69) is 0 Å². The molecule has 1 N–H and O–H groups in total. The van der Waals surface area contributed by atoms with E-state index in [0.29, 0.717) is 6.61 Å². The third-order valence-corrected chi connectivity index (χ3v) is 1.84. The first-order chi connectivity index (χ1) is 7.60. The quantitative estimate of drug-likeness (QED) is 0.840. The molecule has 0 aliphatic heterocycles. The van der Waals surface area contributed by atoms with E-state index in [1.165, 1.54) is 0 Å². The molecule has 16 heavy (non-hydrogen) atoms. The number of aromatic carboxylic acids is 1. The lowest BCUT2D eigenvalue weighted by molar-refractivity contribution is 0.0690. The number of carboxylic acid groups (broad SMARTS) is 1. The first kappa shape index (κ1) is 12.3. The molecule has 0 radical (unpaired) electrons. The highest BCUT2D eigenvalue weighted by atomic mass is 19.1. The predicted octanol–water partition coefficient (Wildman–Crippen LogP) is 2.32. The Bertz CT molecular complexity index is 390. The fourth-order valence-corrected chi connectivity index (χ4v) is 1.28. The summed E-state index contributed by atoms with van der Waals surface area (Å²) in [6.45, 7) is 4.03. The Hall–Kier alpha value is -1.78.